The van der Waals surface area contributed by atoms with Crippen LogP contribution in [0.15, 0.2) is 47.1 Å². The summed E-state index contributed by atoms with van der Waals surface area (Å²) in [5, 5.41) is 30.9. The van der Waals surface area contributed by atoms with Gasteiger partial charge in [0.15, 0.2) is 5.78 Å². The molecule has 0 saturated carbocycles. The Hall–Kier alpha value is -2.37. The lowest BCUT2D eigenvalue weighted by Gasteiger charge is -2.16. The average molecular weight is 459 g/mol. The molecule has 0 saturated heterocycles. The maximum Gasteiger partial charge on any atom is 0.184 e. The number of carbonyl (C=O) groups excluding carboxylic acids is 1. The van der Waals surface area contributed by atoms with E-state index in [1.54, 1.807) is 13.2 Å². The minimum absolute atomic E-state index is 0.104. The topological polar surface area (TPSA) is 87.0 Å². The van der Waals surface area contributed by atoms with Crippen LogP contribution in [-0.4, -0.2) is 40.4 Å². The Balaban J connectivity index is 2.55. The molecule has 0 radical (unpaired) electrons. The quantitative estimate of drug-likeness (QED) is 0.265. The number of hydrogen-bond acceptors (Lipinski definition) is 5. The Kier molecular flexibility index (Phi) is 12.2. The second-order valence-corrected chi connectivity index (χ2v) is 9.43. The molecule has 0 aromatic heterocycles. The van der Waals surface area contributed by atoms with Crippen molar-refractivity contribution in [2.75, 3.05) is 7.11 Å². The number of aliphatic hydroxyl groups excluding tert-OH is 2. The molecule has 0 amide bonds. The number of aliphatic hydroxyl groups is 2. The summed E-state index contributed by atoms with van der Waals surface area (Å²) in [5.74, 6) is 0.656. The molecule has 0 spiro atoms. The predicted molar refractivity (Wildman–Crippen MR) is 135 cm³/mol. The van der Waals surface area contributed by atoms with Gasteiger partial charge in [0.25, 0.3) is 0 Å². The van der Waals surface area contributed by atoms with Gasteiger partial charge in [0.2, 0.25) is 0 Å². The summed E-state index contributed by atoms with van der Waals surface area (Å²) in [5.41, 5.74) is 4.59. The van der Waals surface area contributed by atoms with E-state index in [0.717, 1.165) is 47.1 Å². The van der Waals surface area contributed by atoms with Gasteiger partial charge in [-0.05, 0) is 96.4 Å². The lowest BCUT2D eigenvalue weighted by molar-refractivity contribution is -0.124. The van der Waals surface area contributed by atoms with Gasteiger partial charge >= 0.3 is 0 Å². The zero-order valence-corrected chi connectivity index (χ0v) is 21.3. The molecule has 0 aliphatic carbocycles. The Morgan fingerprint density at radius 3 is 2.39 bits per heavy atom. The number of benzene rings is 1. The van der Waals surface area contributed by atoms with Crippen molar-refractivity contribution in [1.82, 2.24) is 0 Å². The van der Waals surface area contributed by atoms with E-state index in [1.807, 2.05) is 59.8 Å². The molecule has 1 aromatic rings. The van der Waals surface area contributed by atoms with Gasteiger partial charge in [-0.2, -0.15) is 0 Å². The van der Waals surface area contributed by atoms with Crippen LogP contribution in [0.1, 0.15) is 71.4 Å². The first-order valence-electron chi connectivity index (χ1n) is 11.7. The number of phenolic OH excluding ortho intramolecular Hbond substituents is 1. The van der Waals surface area contributed by atoms with Gasteiger partial charge in [0.05, 0.1) is 13.2 Å². The summed E-state index contributed by atoms with van der Waals surface area (Å²) in [6, 6.07) is 3.63. The van der Waals surface area contributed by atoms with Crippen LogP contribution in [-0.2, 0) is 11.2 Å². The van der Waals surface area contributed by atoms with Crippen molar-refractivity contribution in [3.8, 4) is 11.5 Å². The molecular weight excluding hydrogens is 416 g/mol. The number of ether oxygens (including phenoxy) is 1. The van der Waals surface area contributed by atoms with Gasteiger partial charge in [-0.25, -0.2) is 0 Å². The lowest BCUT2D eigenvalue weighted by atomic mass is 9.93. The normalized spacial score (nSPS) is 15.1. The molecule has 184 valence electrons. The van der Waals surface area contributed by atoms with Crippen LogP contribution in [0, 0.1) is 12.8 Å². The van der Waals surface area contributed by atoms with Crippen LogP contribution in [0.3, 0.4) is 0 Å². The van der Waals surface area contributed by atoms with Crippen molar-refractivity contribution in [1.29, 1.82) is 0 Å². The summed E-state index contributed by atoms with van der Waals surface area (Å²) in [4.78, 5) is 12.0. The Morgan fingerprint density at radius 1 is 1.12 bits per heavy atom. The number of ketones is 1. The van der Waals surface area contributed by atoms with Crippen molar-refractivity contribution in [2.45, 2.75) is 85.9 Å². The molecule has 33 heavy (non-hydrogen) atoms. The largest absolute Gasteiger partial charge is 0.507 e. The fourth-order valence-corrected chi connectivity index (χ4v) is 3.77. The highest BCUT2D eigenvalue weighted by Crippen LogP contribution is 2.28. The van der Waals surface area contributed by atoms with E-state index >= 15 is 0 Å². The maximum absolute atomic E-state index is 12.0. The molecule has 3 atom stereocenters. The molecule has 3 N–H and O–H groups in total. The number of phenols is 1. The highest BCUT2D eigenvalue weighted by molar-refractivity contribution is 5.93. The van der Waals surface area contributed by atoms with Crippen LogP contribution in [0.25, 0.3) is 0 Å². The van der Waals surface area contributed by atoms with Gasteiger partial charge in [-0.15, -0.1) is 0 Å². The number of hydrogen-bond donors (Lipinski definition) is 3. The number of methoxy groups -OCH3 is 1. The highest BCUT2D eigenvalue weighted by Gasteiger charge is 2.20. The first kappa shape index (κ1) is 28.7. The molecule has 0 aliphatic heterocycles. The second kappa shape index (κ2) is 14.0. The number of carbonyl (C=O) groups is 1. The fraction of sp³-hybridized carbons (Fsp3) is 0.536. The zero-order valence-electron chi connectivity index (χ0n) is 21.3. The van der Waals surface area contributed by atoms with Crippen molar-refractivity contribution in [3.05, 3.63) is 58.2 Å². The van der Waals surface area contributed by atoms with Crippen LogP contribution in [0.5, 0.6) is 11.5 Å². The van der Waals surface area contributed by atoms with Crippen LogP contribution < -0.4 is 4.74 Å². The van der Waals surface area contributed by atoms with Gasteiger partial charge in [-0.3, -0.25) is 4.79 Å². The van der Waals surface area contributed by atoms with E-state index in [4.69, 9.17) is 4.74 Å². The summed E-state index contributed by atoms with van der Waals surface area (Å²) in [6.45, 7) is 11.4. The first-order valence-corrected chi connectivity index (χ1v) is 11.7. The standard InChI is InChI=1S/C28H42O5/c1-18(2)13-26(30)28(32)21(5)10-8-9-19(3)14-24(29)15-20(4)11-12-23-17-25(33-7)16-22(6)27(23)31/h11,13-14,16-17,21,24,28-29,31-32H,8-10,12,15H2,1-7H3/b19-14+,20-11+. The molecule has 0 heterocycles. The summed E-state index contributed by atoms with van der Waals surface area (Å²) >= 11 is 0. The minimum Gasteiger partial charge on any atom is -0.507 e. The zero-order chi connectivity index (χ0) is 25.1. The highest BCUT2D eigenvalue weighted by atomic mass is 16.5. The van der Waals surface area contributed by atoms with E-state index in [2.05, 4.69) is 0 Å². The summed E-state index contributed by atoms with van der Waals surface area (Å²) in [7, 11) is 1.61. The third kappa shape index (κ3) is 10.4. The summed E-state index contributed by atoms with van der Waals surface area (Å²) < 4.78 is 5.28. The van der Waals surface area contributed by atoms with Gasteiger partial charge in [0.1, 0.15) is 17.6 Å². The molecular formula is C28H42O5. The average Bonchev–Trinajstić information content (AvgIpc) is 2.73. The number of aryl methyl sites for hydroxylation is 1. The van der Waals surface area contributed by atoms with E-state index in [1.165, 1.54) is 6.08 Å². The van der Waals surface area contributed by atoms with E-state index < -0.39 is 12.2 Å². The summed E-state index contributed by atoms with van der Waals surface area (Å²) in [6.07, 6.45) is 7.34. The molecule has 0 aliphatic rings. The maximum atomic E-state index is 12.0. The van der Waals surface area contributed by atoms with Crippen molar-refractivity contribution >= 4 is 5.78 Å². The molecule has 1 rings (SSSR count). The lowest BCUT2D eigenvalue weighted by Crippen LogP contribution is -2.26. The molecule has 5 nitrogen and oxygen atoms in total. The van der Waals surface area contributed by atoms with Crippen molar-refractivity contribution in [3.63, 3.8) is 0 Å². The molecule has 0 bridgehead atoms. The fourth-order valence-electron chi connectivity index (χ4n) is 3.77. The van der Waals surface area contributed by atoms with Gasteiger partial charge < -0.3 is 20.1 Å². The Bertz CT molecular complexity index is 875. The number of allylic oxidation sites excluding steroid dienone is 3. The van der Waals surface area contributed by atoms with Gasteiger partial charge in [-0.1, -0.05) is 35.8 Å². The molecule has 5 heteroatoms. The third-order valence-corrected chi connectivity index (χ3v) is 5.76. The Labute approximate surface area is 199 Å². The monoisotopic (exact) mass is 458 g/mol. The first-order chi connectivity index (χ1) is 15.4. The van der Waals surface area contributed by atoms with Crippen molar-refractivity contribution in [2.24, 2.45) is 5.92 Å². The number of rotatable bonds is 13. The van der Waals surface area contributed by atoms with E-state index in [0.29, 0.717) is 18.6 Å². The van der Waals surface area contributed by atoms with Crippen LogP contribution in [0.4, 0.5) is 0 Å². The predicted octanol–water partition coefficient (Wildman–Crippen LogP) is 5.60. The SMILES string of the molecule is COc1cc(C)c(O)c(C/C=C(\C)CC(O)/C=C(\C)CCCC(C)C(O)C(=O)C=C(C)C)c1. The van der Waals surface area contributed by atoms with E-state index in [9.17, 15) is 20.1 Å². The molecule has 1 aromatic carbocycles. The third-order valence-electron chi connectivity index (χ3n) is 5.76. The van der Waals surface area contributed by atoms with Crippen LogP contribution in [0.2, 0.25) is 0 Å². The molecule has 0 fully saturated rings. The number of aromatic hydroxyl groups is 1. The van der Waals surface area contributed by atoms with Gasteiger partial charge in [0, 0.05) is 5.56 Å². The Morgan fingerprint density at radius 2 is 1.79 bits per heavy atom. The van der Waals surface area contributed by atoms with Crippen molar-refractivity contribution < 1.29 is 24.9 Å². The minimum atomic E-state index is -0.963. The van der Waals surface area contributed by atoms with Crippen LogP contribution >= 0.6 is 0 Å². The van der Waals surface area contributed by atoms with E-state index in [-0.39, 0.29) is 17.5 Å². The smallest absolute Gasteiger partial charge is 0.184 e. The molecule has 3 unspecified atom stereocenters. The second-order valence-electron chi connectivity index (χ2n) is 9.43.